The Labute approximate surface area is 121 Å². The lowest BCUT2D eigenvalue weighted by Crippen LogP contribution is -2.33. The quantitative estimate of drug-likeness (QED) is 0.835. The molecule has 0 aliphatic carbocycles. The average Bonchev–Trinajstić information content (AvgIpc) is 2.67. The molecule has 1 aliphatic rings. The van der Waals surface area contributed by atoms with E-state index >= 15 is 0 Å². The van der Waals surface area contributed by atoms with Crippen molar-refractivity contribution in [2.45, 2.75) is 11.3 Å². The molecule has 2 rings (SSSR count). The van der Waals surface area contributed by atoms with Gasteiger partial charge < -0.3 is 9.47 Å². The summed E-state index contributed by atoms with van der Waals surface area (Å²) in [5.74, 6) is 0.609. The third-order valence-corrected chi connectivity index (χ3v) is 5.46. The molecule has 0 saturated carbocycles. The second kappa shape index (κ2) is 6.21. The van der Waals surface area contributed by atoms with E-state index in [0.29, 0.717) is 36.5 Å². The molecule has 0 atom stereocenters. The summed E-state index contributed by atoms with van der Waals surface area (Å²) in [5, 5.41) is 0. The van der Waals surface area contributed by atoms with E-state index in [0.717, 1.165) is 6.42 Å². The van der Waals surface area contributed by atoms with Crippen LogP contribution in [0.5, 0.6) is 5.75 Å². The molecule has 19 heavy (non-hydrogen) atoms. The van der Waals surface area contributed by atoms with Crippen LogP contribution in [0, 0.1) is 0 Å². The minimum Gasteiger partial charge on any atom is -0.496 e. The Bertz CT molecular complexity index is 539. The minimum absolute atomic E-state index is 0.266. The lowest BCUT2D eigenvalue weighted by Gasteiger charge is -2.19. The van der Waals surface area contributed by atoms with Crippen molar-refractivity contribution in [1.29, 1.82) is 0 Å². The van der Waals surface area contributed by atoms with Crippen molar-refractivity contribution in [3.05, 3.63) is 22.7 Å². The number of methoxy groups -OCH3 is 1. The molecular formula is C12H16BrNO4S. The molecule has 1 aliphatic heterocycles. The van der Waals surface area contributed by atoms with Gasteiger partial charge in [-0.2, -0.15) is 4.31 Å². The summed E-state index contributed by atoms with van der Waals surface area (Å²) >= 11 is 3.31. The van der Waals surface area contributed by atoms with Crippen LogP contribution in [-0.2, 0) is 14.8 Å². The first-order valence-corrected chi connectivity index (χ1v) is 8.20. The summed E-state index contributed by atoms with van der Waals surface area (Å²) in [4.78, 5) is 0.266. The molecule has 1 fully saturated rings. The minimum atomic E-state index is -3.47. The van der Waals surface area contributed by atoms with Crippen LogP contribution in [0.1, 0.15) is 6.42 Å². The molecule has 0 amide bonds. The maximum atomic E-state index is 12.5. The Balaban J connectivity index is 2.30. The van der Waals surface area contributed by atoms with Gasteiger partial charge in [-0.25, -0.2) is 8.42 Å². The second-order valence-electron chi connectivity index (χ2n) is 4.17. The third-order valence-electron chi connectivity index (χ3n) is 2.94. The molecule has 106 valence electrons. The zero-order valence-corrected chi connectivity index (χ0v) is 13.0. The summed E-state index contributed by atoms with van der Waals surface area (Å²) in [6.45, 7) is 1.94. The molecule has 0 aromatic heterocycles. The van der Waals surface area contributed by atoms with Crippen LogP contribution >= 0.6 is 15.9 Å². The maximum Gasteiger partial charge on any atom is 0.243 e. The van der Waals surface area contributed by atoms with E-state index in [1.54, 1.807) is 25.3 Å². The number of nitrogens with zero attached hydrogens (tertiary/aromatic N) is 1. The fourth-order valence-corrected chi connectivity index (χ4v) is 4.10. The van der Waals surface area contributed by atoms with E-state index in [1.807, 2.05) is 0 Å². The average molecular weight is 350 g/mol. The van der Waals surface area contributed by atoms with Gasteiger partial charge in [-0.05, 0) is 40.5 Å². The van der Waals surface area contributed by atoms with Gasteiger partial charge in [0, 0.05) is 19.7 Å². The van der Waals surface area contributed by atoms with E-state index in [1.165, 1.54) is 4.31 Å². The lowest BCUT2D eigenvalue weighted by molar-refractivity contribution is 0.148. The van der Waals surface area contributed by atoms with Crippen LogP contribution in [0.4, 0.5) is 0 Å². The predicted octanol–water partition coefficient (Wildman–Crippen LogP) is 1.87. The van der Waals surface area contributed by atoms with Crippen LogP contribution in [0.15, 0.2) is 27.6 Å². The van der Waals surface area contributed by atoms with E-state index in [2.05, 4.69) is 15.9 Å². The zero-order chi connectivity index (χ0) is 13.9. The van der Waals surface area contributed by atoms with Crippen LogP contribution in [0.2, 0.25) is 0 Å². The molecular weight excluding hydrogens is 334 g/mol. The van der Waals surface area contributed by atoms with Gasteiger partial charge in [-0.1, -0.05) is 0 Å². The number of benzene rings is 1. The topological polar surface area (TPSA) is 55.8 Å². The first-order valence-electron chi connectivity index (χ1n) is 5.97. The SMILES string of the molecule is COc1ccc(S(=O)(=O)N2CCCOCC2)cc1Br. The zero-order valence-electron chi connectivity index (χ0n) is 10.6. The highest BCUT2D eigenvalue weighted by Crippen LogP contribution is 2.29. The Kier molecular flexibility index (Phi) is 4.83. The van der Waals surface area contributed by atoms with E-state index in [4.69, 9.17) is 9.47 Å². The van der Waals surface area contributed by atoms with Crippen LogP contribution in [0.3, 0.4) is 0 Å². The van der Waals surface area contributed by atoms with E-state index in [-0.39, 0.29) is 4.90 Å². The summed E-state index contributed by atoms with van der Waals surface area (Å²) in [7, 11) is -1.92. The van der Waals surface area contributed by atoms with Crippen molar-refractivity contribution >= 4 is 26.0 Å². The van der Waals surface area contributed by atoms with Gasteiger partial charge in [0.05, 0.1) is 23.1 Å². The van der Waals surface area contributed by atoms with E-state index in [9.17, 15) is 8.42 Å². The van der Waals surface area contributed by atoms with Crippen LogP contribution in [-0.4, -0.2) is 46.1 Å². The number of sulfonamides is 1. The molecule has 0 unspecified atom stereocenters. The molecule has 1 aromatic rings. The Morgan fingerprint density at radius 2 is 2.11 bits per heavy atom. The summed E-state index contributed by atoms with van der Waals surface area (Å²) < 4.78 is 37.5. The van der Waals surface area contributed by atoms with Gasteiger partial charge in [-0.3, -0.25) is 0 Å². The normalized spacial score (nSPS) is 18.0. The molecule has 1 saturated heterocycles. The Morgan fingerprint density at radius 1 is 1.32 bits per heavy atom. The summed E-state index contributed by atoms with van der Waals surface area (Å²) in [5.41, 5.74) is 0. The monoisotopic (exact) mass is 349 g/mol. The fraction of sp³-hybridized carbons (Fsp3) is 0.500. The van der Waals surface area contributed by atoms with Crippen molar-refractivity contribution in [2.24, 2.45) is 0 Å². The Morgan fingerprint density at radius 3 is 2.79 bits per heavy atom. The highest BCUT2D eigenvalue weighted by atomic mass is 79.9. The summed E-state index contributed by atoms with van der Waals surface area (Å²) in [6, 6.07) is 4.77. The smallest absolute Gasteiger partial charge is 0.243 e. The standard InChI is InChI=1S/C12H16BrNO4S/c1-17-12-4-3-10(9-11(12)13)19(15,16)14-5-2-7-18-8-6-14/h3-4,9H,2,5-8H2,1H3. The molecule has 7 heteroatoms. The first-order chi connectivity index (χ1) is 9.05. The predicted molar refractivity (Wildman–Crippen MR) is 74.9 cm³/mol. The molecule has 5 nitrogen and oxygen atoms in total. The molecule has 0 spiro atoms. The molecule has 0 bridgehead atoms. The summed E-state index contributed by atoms with van der Waals surface area (Å²) in [6.07, 6.45) is 0.719. The Hall–Kier alpha value is -0.630. The van der Waals surface area contributed by atoms with Gasteiger partial charge in [0.25, 0.3) is 0 Å². The second-order valence-corrected chi connectivity index (χ2v) is 6.96. The van der Waals surface area contributed by atoms with Gasteiger partial charge in [0.1, 0.15) is 5.75 Å². The first kappa shape index (κ1) is 14.8. The van der Waals surface area contributed by atoms with Crippen molar-refractivity contribution in [2.75, 3.05) is 33.4 Å². The van der Waals surface area contributed by atoms with Gasteiger partial charge in [-0.15, -0.1) is 0 Å². The highest BCUT2D eigenvalue weighted by Gasteiger charge is 2.25. The van der Waals surface area contributed by atoms with Gasteiger partial charge in [0.15, 0.2) is 0 Å². The number of rotatable bonds is 3. The highest BCUT2D eigenvalue weighted by molar-refractivity contribution is 9.10. The third kappa shape index (κ3) is 3.28. The molecule has 1 aromatic carbocycles. The van der Waals surface area contributed by atoms with Gasteiger partial charge in [0.2, 0.25) is 10.0 Å². The van der Waals surface area contributed by atoms with Crippen molar-refractivity contribution in [3.8, 4) is 5.75 Å². The maximum absolute atomic E-state index is 12.5. The number of halogens is 1. The number of ether oxygens (including phenoxy) is 2. The largest absolute Gasteiger partial charge is 0.496 e. The van der Waals surface area contributed by atoms with Crippen molar-refractivity contribution < 1.29 is 17.9 Å². The van der Waals surface area contributed by atoms with Crippen LogP contribution in [0.25, 0.3) is 0 Å². The van der Waals surface area contributed by atoms with E-state index < -0.39 is 10.0 Å². The van der Waals surface area contributed by atoms with Crippen molar-refractivity contribution in [3.63, 3.8) is 0 Å². The fourth-order valence-electron chi connectivity index (χ4n) is 1.92. The molecule has 0 N–H and O–H groups in total. The number of hydrogen-bond acceptors (Lipinski definition) is 4. The lowest BCUT2D eigenvalue weighted by atomic mass is 10.3. The van der Waals surface area contributed by atoms with Crippen LogP contribution < -0.4 is 4.74 Å². The molecule has 0 radical (unpaired) electrons. The number of hydrogen-bond donors (Lipinski definition) is 0. The van der Waals surface area contributed by atoms with Gasteiger partial charge >= 0.3 is 0 Å². The van der Waals surface area contributed by atoms with Crippen molar-refractivity contribution in [1.82, 2.24) is 4.31 Å². The molecule has 1 heterocycles.